The zero-order valence-corrected chi connectivity index (χ0v) is 14.4. The number of pyridine rings is 1. The fraction of sp³-hybridized carbons (Fsp3) is 0.471. The third kappa shape index (κ3) is 3.88. The van der Waals surface area contributed by atoms with E-state index in [4.69, 9.17) is 9.26 Å². The summed E-state index contributed by atoms with van der Waals surface area (Å²) in [5.41, 5.74) is 1.76. The fourth-order valence-electron chi connectivity index (χ4n) is 2.55. The lowest BCUT2D eigenvalue weighted by atomic mass is 9.99. The number of unbranched alkanes of at least 4 members (excludes halogenated alkanes) is 1. The van der Waals surface area contributed by atoms with Gasteiger partial charge in [-0.2, -0.15) is 0 Å². The van der Waals surface area contributed by atoms with E-state index < -0.39 is 0 Å². The van der Waals surface area contributed by atoms with Crippen LogP contribution < -0.4 is 10.1 Å². The first-order valence-corrected chi connectivity index (χ1v) is 8.91. The zero-order chi connectivity index (χ0) is 15.9. The zero-order valence-electron chi connectivity index (χ0n) is 13.4. The van der Waals surface area contributed by atoms with Crippen molar-refractivity contribution in [1.29, 1.82) is 0 Å². The third-order valence-corrected chi connectivity index (χ3v) is 4.32. The van der Waals surface area contributed by atoms with Crippen LogP contribution in [0.3, 0.4) is 0 Å². The second-order valence-corrected chi connectivity index (χ2v) is 6.43. The molecule has 120 valence electrons. The van der Waals surface area contributed by atoms with Gasteiger partial charge in [0.25, 0.3) is 0 Å². The van der Waals surface area contributed by atoms with Crippen LogP contribution in [0.25, 0.3) is 10.9 Å². The Labute approximate surface area is 133 Å². The van der Waals surface area contributed by atoms with E-state index in [0.717, 1.165) is 47.6 Å². The molecular formula is C17H24NO3P. The summed E-state index contributed by atoms with van der Waals surface area (Å²) in [5, 5.41) is 1.00. The van der Waals surface area contributed by atoms with Gasteiger partial charge in [-0.05, 0) is 30.3 Å². The average molecular weight is 321 g/mol. The summed E-state index contributed by atoms with van der Waals surface area (Å²) in [6.45, 7) is 4.24. The Bertz CT molecular complexity index is 668. The molecule has 0 bridgehead atoms. The van der Waals surface area contributed by atoms with Gasteiger partial charge < -0.3 is 14.2 Å². The van der Waals surface area contributed by atoms with Crippen LogP contribution in [0.5, 0.6) is 5.75 Å². The molecule has 0 amide bonds. The highest BCUT2D eigenvalue weighted by Crippen LogP contribution is 2.35. The first-order valence-electron chi connectivity index (χ1n) is 7.79. The largest absolute Gasteiger partial charge is 0.475 e. The number of ether oxygens (including phenoxy) is 1. The molecule has 0 aliphatic heterocycles. The van der Waals surface area contributed by atoms with E-state index in [1.807, 2.05) is 12.1 Å². The third-order valence-electron chi connectivity index (χ3n) is 3.67. The number of benzene rings is 1. The number of aromatic amines is 1. The first kappa shape index (κ1) is 17.0. The summed E-state index contributed by atoms with van der Waals surface area (Å²) in [7, 11) is 2.13. The van der Waals surface area contributed by atoms with Crippen LogP contribution in [0.4, 0.5) is 0 Å². The molecule has 1 heterocycles. The van der Waals surface area contributed by atoms with Gasteiger partial charge in [0.2, 0.25) is 5.56 Å². The number of aromatic nitrogens is 1. The van der Waals surface area contributed by atoms with Crippen LogP contribution >= 0.6 is 8.81 Å². The summed E-state index contributed by atoms with van der Waals surface area (Å²) in [6.07, 6.45) is 4.21. The number of methoxy groups -OCH3 is 1. The maximum atomic E-state index is 11.7. The van der Waals surface area contributed by atoms with E-state index >= 15 is 0 Å². The summed E-state index contributed by atoms with van der Waals surface area (Å²) < 4.78 is 11.5. The minimum absolute atomic E-state index is 0.0380. The van der Waals surface area contributed by atoms with Crippen LogP contribution in [0, 0.1) is 0 Å². The van der Waals surface area contributed by atoms with Gasteiger partial charge in [-0.3, -0.25) is 4.79 Å². The molecule has 2 atom stereocenters. The molecule has 2 rings (SSSR count). The average Bonchev–Trinajstić information content (AvgIpc) is 2.54. The minimum Gasteiger partial charge on any atom is -0.475 e. The molecule has 1 aromatic carbocycles. The summed E-state index contributed by atoms with van der Waals surface area (Å²) in [4.78, 5) is 14.6. The first-order chi connectivity index (χ1) is 10.7. The van der Waals surface area contributed by atoms with Gasteiger partial charge in [0.1, 0.15) is 5.75 Å². The Morgan fingerprint density at radius 3 is 2.73 bits per heavy atom. The molecule has 1 aromatic heterocycles. The number of rotatable bonds is 8. The van der Waals surface area contributed by atoms with Crippen LogP contribution in [0.2, 0.25) is 0 Å². The molecule has 4 nitrogen and oxygen atoms in total. The molecule has 0 aliphatic rings. The van der Waals surface area contributed by atoms with Crippen molar-refractivity contribution < 1.29 is 9.26 Å². The van der Waals surface area contributed by atoms with Crippen molar-refractivity contribution in [1.82, 2.24) is 4.98 Å². The number of fused-ring (bicyclic) bond motifs is 1. The molecular weight excluding hydrogens is 297 g/mol. The topological polar surface area (TPSA) is 51.3 Å². The number of H-pyrrole nitrogens is 1. The highest BCUT2D eigenvalue weighted by atomic mass is 31.1. The van der Waals surface area contributed by atoms with Crippen molar-refractivity contribution in [2.75, 3.05) is 13.3 Å². The van der Waals surface area contributed by atoms with Gasteiger partial charge in [-0.25, -0.2) is 0 Å². The molecule has 0 radical (unpaired) electrons. The molecule has 0 spiro atoms. The number of hydrogen-bond donors (Lipinski definition) is 1. The van der Waals surface area contributed by atoms with E-state index in [2.05, 4.69) is 24.9 Å². The smallest absolute Gasteiger partial charge is 0.248 e. The van der Waals surface area contributed by atoms with Crippen molar-refractivity contribution in [3.05, 3.63) is 40.2 Å². The van der Waals surface area contributed by atoms with Crippen LogP contribution in [-0.2, 0) is 4.74 Å². The molecule has 22 heavy (non-hydrogen) atoms. The van der Waals surface area contributed by atoms with E-state index in [-0.39, 0.29) is 11.7 Å². The fourth-order valence-corrected chi connectivity index (χ4v) is 3.02. The van der Waals surface area contributed by atoms with Gasteiger partial charge in [-0.15, -0.1) is 0 Å². The van der Waals surface area contributed by atoms with Crippen molar-refractivity contribution in [2.45, 2.75) is 39.2 Å². The monoisotopic (exact) mass is 321 g/mol. The van der Waals surface area contributed by atoms with E-state index in [1.54, 1.807) is 13.2 Å². The second kappa shape index (κ2) is 8.30. The van der Waals surface area contributed by atoms with E-state index in [0.29, 0.717) is 8.81 Å². The van der Waals surface area contributed by atoms with Crippen molar-refractivity contribution in [3.63, 3.8) is 0 Å². The van der Waals surface area contributed by atoms with E-state index in [1.165, 1.54) is 0 Å². The maximum Gasteiger partial charge on any atom is 0.248 e. The molecule has 2 unspecified atom stereocenters. The predicted molar refractivity (Wildman–Crippen MR) is 93.3 cm³/mol. The van der Waals surface area contributed by atoms with Gasteiger partial charge in [-0.1, -0.05) is 32.8 Å². The molecule has 0 fully saturated rings. The van der Waals surface area contributed by atoms with Crippen LogP contribution in [0.15, 0.2) is 29.1 Å². The Balaban J connectivity index is 2.49. The van der Waals surface area contributed by atoms with Crippen LogP contribution in [-0.4, -0.2) is 18.3 Å². The normalized spacial score (nSPS) is 13.0. The highest BCUT2D eigenvalue weighted by molar-refractivity contribution is 7.32. The summed E-state index contributed by atoms with van der Waals surface area (Å²) in [6, 6.07) is 7.42. The Morgan fingerprint density at radius 2 is 2.05 bits per heavy atom. The van der Waals surface area contributed by atoms with Crippen molar-refractivity contribution in [2.24, 2.45) is 0 Å². The minimum atomic E-state index is -0.114. The van der Waals surface area contributed by atoms with Crippen molar-refractivity contribution in [3.8, 4) is 5.75 Å². The van der Waals surface area contributed by atoms with E-state index in [9.17, 15) is 4.79 Å². The molecule has 2 aromatic rings. The highest BCUT2D eigenvalue weighted by Gasteiger charge is 2.16. The molecule has 0 saturated carbocycles. The number of nitrogens with one attached hydrogen (secondary N) is 1. The molecule has 0 saturated heterocycles. The van der Waals surface area contributed by atoms with Crippen molar-refractivity contribution >= 4 is 19.7 Å². The van der Waals surface area contributed by atoms with Gasteiger partial charge in [0.15, 0.2) is 0 Å². The Morgan fingerprint density at radius 1 is 1.23 bits per heavy atom. The van der Waals surface area contributed by atoms with Gasteiger partial charge >= 0.3 is 0 Å². The quantitative estimate of drug-likeness (QED) is 0.733. The number of hydrogen-bond acceptors (Lipinski definition) is 3. The van der Waals surface area contributed by atoms with Gasteiger partial charge in [0, 0.05) is 18.6 Å². The molecule has 0 aliphatic carbocycles. The summed E-state index contributed by atoms with van der Waals surface area (Å²) in [5.74, 6) is 0.738. The van der Waals surface area contributed by atoms with Crippen LogP contribution in [0.1, 0.15) is 44.8 Å². The Kier molecular flexibility index (Phi) is 6.41. The second-order valence-electron chi connectivity index (χ2n) is 5.23. The molecule has 1 N–H and O–H groups in total. The summed E-state index contributed by atoms with van der Waals surface area (Å²) >= 11 is 0. The lowest BCUT2D eigenvalue weighted by molar-refractivity contribution is 0.0947. The Hall–Kier alpha value is -1.38. The SMILES string of the molecule is CCCCC(OC)c1ccc(OPCC)c2[nH]c(=O)ccc12. The lowest BCUT2D eigenvalue weighted by Crippen LogP contribution is -2.07. The lowest BCUT2D eigenvalue weighted by Gasteiger charge is -2.19. The maximum absolute atomic E-state index is 11.7. The standard InChI is InChI=1S/C17H24NO3P/c1-4-6-7-14(20-3)12-8-10-15(21-22-5-2)17-13(12)9-11-16(19)18-17/h8-11,14,22H,4-7H2,1-3H3,(H,18,19). The predicted octanol–water partition coefficient (Wildman–Crippen LogP) is 4.40. The van der Waals surface area contributed by atoms with Gasteiger partial charge in [0.05, 0.1) is 20.4 Å². The molecule has 5 heteroatoms.